The topological polar surface area (TPSA) is 64.1 Å². The number of amides is 1. The number of ether oxygens (including phenoxy) is 1. The van der Waals surface area contributed by atoms with Gasteiger partial charge in [-0.25, -0.2) is 4.98 Å². The highest BCUT2D eigenvalue weighted by Crippen LogP contribution is 2.27. The van der Waals surface area contributed by atoms with Gasteiger partial charge in [0, 0.05) is 40.9 Å². The minimum Gasteiger partial charge on any atom is -0.481 e. The largest absolute Gasteiger partial charge is 0.481 e. The van der Waals surface area contributed by atoms with Gasteiger partial charge in [-0.1, -0.05) is 31.4 Å². The standard InChI is InChI=1S/C20H25N3O2S/c1-25-18-10-11-21-19(23-18)15-6-5-7-16(14-15)20(24)22-12-13-26-17-8-3-2-4-9-17/h5-7,10-11,14,17H,2-4,8-9,12-13H2,1H3,(H,22,24). The Morgan fingerprint density at radius 1 is 1.27 bits per heavy atom. The number of hydrogen-bond donors (Lipinski definition) is 1. The zero-order valence-electron chi connectivity index (χ0n) is 15.1. The van der Waals surface area contributed by atoms with Crippen LogP contribution in [-0.2, 0) is 0 Å². The van der Waals surface area contributed by atoms with E-state index >= 15 is 0 Å². The van der Waals surface area contributed by atoms with E-state index in [1.807, 2.05) is 36.0 Å². The summed E-state index contributed by atoms with van der Waals surface area (Å²) in [7, 11) is 1.57. The van der Waals surface area contributed by atoms with Crippen LogP contribution in [0.1, 0.15) is 42.5 Å². The molecule has 2 aromatic rings. The zero-order valence-corrected chi connectivity index (χ0v) is 15.9. The molecular formula is C20H25N3O2S. The van der Waals surface area contributed by atoms with Gasteiger partial charge in [0.25, 0.3) is 5.91 Å². The average Bonchev–Trinajstić information content (AvgIpc) is 2.72. The normalized spacial score (nSPS) is 14.8. The molecule has 1 aromatic heterocycles. The van der Waals surface area contributed by atoms with Crippen LogP contribution < -0.4 is 10.1 Å². The number of methoxy groups -OCH3 is 1. The van der Waals surface area contributed by atoms with Gasteiger partial charge in [-0.05, 0) is 25.0 Å². The number of aromatic nitrogens is 2. The smallest absolute Gasteiger partial charge is 0.251 e. The third-order valence-corrected chi connectivity index (χ3v) is 5.90. The van der Waals surface area contributed by atoms with Gasteiger partial charge in [0.15, 0.2) is 5.82 Å². The van der Waals surface area contributed by atoms with Gasteiger partial charge in [-0.15, -0.1) is 0 Å². The van der Waals surface area contributed by atoms with Gasteiger partial charge in [-0.3, -0.25) is 4.79 Å². The average molecular weight is 372 g/mol. The fourth-order valence-electron chi connectivity index (χ4n) is 3.12. The first kappa shape index (κ1) is 18.7. The van der Waals surface area contributed by atoms with Crippen LogP contribution in [0.5, 0.6) is 5.88 Å². The van der Waals surface area contributed by atoms with Crippen molar-refractivity contribution in [3.05, 3.63) is 42.1 Å². The molecule has 1 fully saturated rings. The van der Waals surface area contributed by atoms with Crippen molar-refractivity contribution in [2.45, 2.75) is 37.4 Å². The number of carbonyl (C=O) groups is 1. The first-order valence-corrected chi connectivity index (χ1v) is 10.2. The highest BCUT2D eigenvalue weighted by Gasteiger charge is 2.14. The molecule has 138 valence electrons. The summed E-state index contributed by atoms with van der Waals surface area (Å²) in [6, 6.07) is 9.07. The summed E-state index contributed by atoms with van der Waals surface area (Å²) in [6.45, 7) is 0.694. The Balaban J connectivity index is 1.54. The summed E-state index contributed by atoms with van der Waals surface area (Å²) in [5.74, 6) is 1.96. The molecule has 1 aromatic carbocycles. The number of nitrogens with one attached hydrogen (secondary N) is 1. The minimum atomic E-state index is -0.0565. The van der Waals surface area contributed by atoms with Crippen LogP contribution in [-0.4, -0.2) is 40.5 Å². The molecule has 1 N–H and O–H groups in total. The predicted molar refractivity (Wildman–Crippen MR) is 106 cm³/mol. The number of hydrogen-bond acceptors (Lipinski definition) is 5. The molecule has 5 nitrogen and oxygen atoms in total. The van der Waals surface area contributed by atoms with E-state index in [-0.39, 0.29) is 5.91 Å². The van der Waals surface area contributed by atoms with Crippen LogP contribution in [0, 0.1) is 0 Å². The lowest BCUT2D eigenvalue weighted by Gasteiger charge is -2.20. The second-order valence-corrected chi connectivity index (χ2v) is 7.80. The van der Waals surface area contributed by atoms with Crippen molar-refractivity contribution in [3.63, 3.8) is 0 Å². The molecule has 6 heteroatoms. The molecule has 26 heavy (non-hydrogen) atoms. The SMILES string of the molecule is COc1ccnc(-c2cccc(C(=O)NCCSC3CCCCC3)c2)n1. The van der Waals surface area contributed by atoms with Crippen LogP contribution in [0.3, 0.4) is 0 Å². The first-order chi connectivity index (χ1) is 12.8. The van der Waals surface area contributed by atoms with E-state index in [0.717, 1.165) is 16.6 Å². The lowest BCUT2D eigenvalue weighted by molar-refractivity contribution is 0.0956. The summed E-state index contributed by atoms with van der Waals surface area (Å²) in [5.41, 5.74) is 1.42. The number of nitrogens with zero attached hydrogens (tertiary/aromatic N) is 2. The molecule has 1 saturated carbocycles. The fourth-order valence-corrected chi connectivity index (χ4v) is 4.34. The molecule has 0 unspecified atom stereocenters. The maximum absolute atomic E-state index is 12.4. The molecule has 1 amide bonds. The molecule has 0 bridgehead atoms. The molecule has 0 atom stereocenters. The second kappa shape index (κ2) is 9.57. The van der Waals surface area contributed by atoms with Gasteiger partial charge in [0.2, 0.25) is 5.88 Å². The van der Waals surface area contributed by atoms with E-state index in [4.69, 9.17) is 4.74 Å². The molecule has 3 rings (SSSR count). The number of rotatable bonds is 7. The third kappa shape index (κ3) is 5.21. The number of carbonyl (C=O) groups excluding carboxylic acids is 1. The Morgan fingerprint density at radius 2 is 2.12 bits per heavy atom. The number of benzene rings is 1. The third-order valence-electron chi connectivity index (χ3n) is 4.52. The van der Waals surface area contributed by atoms with Crippen LogP contribution >= 0.6 is 11.8 Å². The van der Waals surface area contributed by atoms with Crippen molar-refractivity contribution in [2.75, 3.05) is 19.4 Å². The van der Waals surface area contributed by atoms with Crippen LogP contribution in [0.25, 0.3) is 11.4 Å². The summed E-state index contributed by atoms with van der Waals surface area (Å²) >= 11 is 1.99. The fraction of sp³-hybridized carbons (Fsp3) is 0.450. The lowest BCUT2D eigenvalue weighted by Crippen LogP contribution is -2.26. The quantitative estimate of drug-likeness (QED) is 0.747. The minimum absolute atomic E-state index is 0.0565. The van der Waals surface area contributed by atoms with Crippen molar-refractivity contribution in [3.8, 4) is 17.3 Å². The van der Waals surface area contributed by atoms with Crippen molar-refractivity contribution in [1.29, 1.82) is 0 Å². The molecule has 0 aliphatic heterocycles. The van der Waals surface area contributed by atoms with Gasteiger partial charge < -0.3 is 10.1 Å². The Labute approximate surface area is 159 Å². The van der Waals surface area contributed by atoms with Crippen LogP contribution in [0.15, 0.2) is 36.5 Å². The maximum atomic E-state index is 12.4. The van der Waals surface area contributed by atoms with Gasteiger partial charge in [0.05, 0.1) is 7.11 Å². The Kier molecular flexibility index (Phi) is 6.89. The number of thioether (sulfide) groups is 1. The summed E-state index contributed by atoms with van der Waals surface area (Å²) in [6.07, 6.45) is 8.37. The Morgan fingerprint density at radius 3 is 2.92 bits per heavy atom. The van der Waals surface area contributed by atoms with E-state index in [1.165, 1.54) is 32.1 Å². The van der Waals surface area contributed by atoms with Crippen molar-refractivity contribution in [1.82, 2.24) is 15.3 Å². The van der Waals surface area contributed by atoms with E-state index in [2.05, 4.69) is 15.3 Å². The zero-order chi connectivity index (χ0) is 18.2. The van der Waals surface area contributed by atoms with Crippen molar-refractivity contribution < 1.29 is 9.53 Å². The monoisotopic (exact) mass is 371 g/mol. The van der Waals surface area contributed by atoms with E-state index in [9.17, 15) is 4.79 Å². The molecule has 1 aliphatic carbocycles. The van der Waals surface area contributed by atoms with Gasteiger partial charge in [0.1, 0.15) is 0 Å². The summed E-state index contributed by atoms with van der Waals surface area (Å²) < 4.78 is 5.14. The molecule has 0 radical (unpaired) electrons. The van der Waals surface area contributed by atoms with Crippen LogP contribution in [0.4, 0.5) is 0 Å². The van der Waals surface area contributed by atoms with E-state index in [0.29, 0.717) is 23.8 Å². The molecule has 1 heterocycles. The molecule has 1 aliphatic rings. The Bertz CT molecular complexity index is 733. The van der Waals surface area contributed by atoms with E-state index in [1.54, 1.807) is 19.4 Å². The van der Waals surface area contributed by atoms with Crippen molar-refractivity contribution >= 4 is 17.7 Å². The highest BCUT2D eigenvalue weighted by atomic mass is 32.2. The summed E-state index contributed by atoms with van der Waals surface area (Å²) in [4.78, 5) is 21.0. The highest BCUT2D eigenvalue weighted by molar-refractivity contribution is 7.99. The molecular weight excluding hydrogens is 346 g/mol. The van der Waals surface area contributed by atoms with Gasteiger partial charge in [-0.2, -0.15) is 16.7 Å². The second-order valence-electron chi connectivity index (χ2n) is 6.39. The van der Waals surface area contributed by atoms with E-state index < -0.39 is 0 Å². The summed E-state index contributed by atoms with van der Waals surface area (Å²) in [5, 5.41) is 3.79. The Hall–Kier alpha value is -2.08. The molecule has 0 spiro atoms. The first-order valence-electron chi connectivity index (χ1n) is 9.13. The molecule has 0 saturated heterocycles. The maximum Gasteiger partial charge on any atom is 0.251 e. The van der Waals surface area contributed by atoms with Crippen LogP contribution in [0.2, 0.25) is 0 Å². The predicted octanol–water partition coefficient (Wildman–Crippen LogP) is 3.95. The lowest BCUT2D eigenvalue weighted by atomic mass is 10.0. The van der Waals surface area contributed by atoms with Crippen molar-refractivity contribution in [2.24, 2.45) is 0 Å². The van der Waals surface area contributed by atoms with Gasteiger partial charge >= 0.3 is 0 Å².